The summed E-state index contributed by atoms with van der Waals surface area (Å²) in [6.07, 6.45) is 0.0654. The predicted molar refractivity (Wildman–Crippen MR) is 74.4 cm³/mol. The fourth-order valence-corrected chi connectivity index (χ4v) is 1.67. The molecule has 0 aliphatic carbocycles. The first-order chi connectivity index (χ1) is 9.78. The normalized spacial score (nSPS) is 13.3. The Hall–Kier alpha value is -2.24. The lowest BCUT2D eigenvalue weighted by molar-refractivity contribution is -0.147. The summed E-state index contributed by atoms with van der Waals surface area (Å²) in [5.74, 6) is -2.36. The summed E-state index contributed by atoms with van der Waals surface area (Å²) < 4.78 is 12.7. The molecule has 1 rings (SSSR count). The van der Waals surface area contributed by atoms with E-state index in [4.69, 9.17) is 5.11 Å². The molecule has 6 heteroatoms. The van der Waals surface area contributed by atoms with E-state index in [1.54, 1.807) is 6.92 Å². The first-order valence-electron chi connectivity index (χ1n) is 6.61. The second kappa shape index (κ2) is 6.97. The number of nitrogens with one attached hydrogen (secondary N) is 1. The molecule has 0 saturated carbocycles. The summed E-state index contributed by atoms with van der Waals surface area (Å²) in [5, 5.41) is 11.5. The maximum Gasteiger partial charge on any atom is 0.329 e. The second-order valence-corrected chi connectivity index (χ2v) is 4.97. The molecule has 0 spiro atoms. The number of rotatable bonds is 7. The Kier molecular flexibility index (Phi) is 5.58. The van der Waals surface area contributed by atoms with Crippen LogP contribution in [0.2, 0.25) is 0 Å². The highest BCUT2D eigenvalue weighted by Crippen LogP contribution is 2.11. The van der Waals surface area contributed by atoms with E-state index in [-0.39, 0.29) is 25.0 Å². The topological polar surface area (TPSA) is 83.5 Å². The smallest absolute Gasteiger partial charge is 0.329 e. The van der Waals surface area contributed by atoms with Crippen LogP contribution in [0.15, 0.2) is 24.3 Å². The van der Waals surface area contributed by atoms with Gasteiger partial charge in [0.15, 0.2) is 5.78 Å². The molecule has 0 bridgehead atoms. The van der Waals surface area contributed by atoms with Crippen molar-refractivity contribution in [2.75, 3.05) is 0 Å². The predicted octanol–water partition coefficient (Wildman–Crippen LogP) is 2.16. The molecule has 0 saturated heterocycles. The van der Waals surface area contributed by atoms with Crippen LogP contribution in [0.3, 0.4) is 0 Å². The van der Waals surface area contributed by atoms with Gasteiger partial charge in [-0.05, 0) is 37.6 Å². The van der Waals surface area contributed by atoms with Gasteiger partial charge in [-0.3, -0.25) is 9.59 Å². The van der Waals surface area contributed by atoms with Crippen molar-refractivity contribution in [3.05, 3.63) is 35.6 Å². The molecule has 114 valence electrons. The highest BCUT2D eigenvalue weighted by molar-refractivity contribution is 5.98. The minimum Gasteiger partial charge on any atom is -0.480 e. The number of amides is 1. The van der Waals surface area contributed by atoms with E-state index in [1.807, 2.05) is 0 Å². The van der Waals surface area contributed by atoms with Gasteiger partial charge in [0, 0.05) is 18.4 Å². The number of ketones is 1. The fraction of sp³-hybridized carbons (Fsp3) is 0.400. The average Bonchev–Trinajstić information content (AvgIpc) is 2.45. The number of carboxylic acids is 1. The Morgan fingerprint density at radius 3 is 2.24 bits per heavy atom. The van der Waals surface area contributed by atoms with Crippen LogP contribution in [0.5, 0.6) is 0 Å². The van der Waals surface area contributed by atoms with Gasteiger partial charge < -0.3 is 10.4 Å². The Labute approximate surface area is 122 Å². The monoisotopic (exact) mass is 295 g/mol. The number of benzene rings is 1. The van der Waals surface area contributed by atoms with Gasteiger partial charge in [-0.1, -0.05) is 6.92 Å². The summed E-state index contributed by atoms with van der Waals surface area (Å²) in [4.78, 5) is 34.6. The minimum atomic E-state index is -1.34. The molecular formula is C15H18FNO4. The number of hydrogen-bond acceptors (Lipinski definition) is 3. The SMILES string of the molecule is CCC(C)(NC(=O)CCC(=O)c1ccc(F)cc1)C(=O)O. The lowest BCUT2D eigenvalue weighted by atomic mass is 9.98. The molecule has 0 aliphatic rings. The van der Waals surface area contributed by atoms with E-state index < -0.39 is 23.2 Å². The third-order valence-electron chi connectivity index (χ3n) is 3.34. The summed E-state index contributed by atoms with van der Waals surface area (Å²) >= 11 is 0. The molecule has 1 unspecified atom stereocenters. The van der Waals surface area contributed by atoms with Crippen molar-refractivity contribution in [3.63, 3.8) is 0 Å². The van der Waals surface area contributed by atoms with Crippen molar-refractivity contribution < 1.29 is 23.9 Å². The molecular weight excluding hydrogens is 277 g/mol. The lowest BCUT2D eigenvalue weighted by Crippen LogP contribution is -2.51. The van der Waals surface area contributed by atoms with Crippen molar-refractivity contribution in [2.24, 2.45) is 0 Å². The molecule has 0 heterocycles. The summed E-state index contributed by atoms with van der Waals surface area (Å²) in [6.45, 7) is 3.06. The van der Waals surface area contributed by atoms with Gasteiger partial charge in [-0.15, -0.1) is 0 Å². The van der Waals surface area contributed by atoms with Gasteiger partial charge in [0.2, 0.25) is 5.91 Å². The summed E-state index contributed by atoms with van der Waals surface area (Å²) in [7, 11) is 0. The number of carbonyl (C=O) groups excluding carboxylic acids is 2. The van der Waals surface area contributed by atoms with Crippen LogP contribution in [-0.4, -0.2) is 28.3 Å². The van der Waals surface area contributed by atoms with E-state index in [9.17, 15) is 18.8 Å². The summed E-state index contributed by atoms with van der Waals surface area (Å²) in [6, 6.07) is 5.05. The van der Waals surface area contributed by atoms with E-state index in [2.05, 4.69) is 5.32 Å². The Morgan fingerprint density at radius 1 is 1.19 bits per heavy atom. The highest BCUT2D eigenvalue weighted by atomic mass is 19.1. The van der Waals surface area contributed by atoms with Crippen molar-refractivity contribution in [2.45, 2.75) is 38.6 Å². The van der Waals surface area contributed by atoms with Gasteiger partial charge in [0.25, 0.3) is 0 Å². The first kappa shape index (κ1) is 16.8. The number of carbonyl (C=O) groups is 3. The zero-order valence-corrected chi connectivity index (χ0v) is 12.0. The highest BCUT2D eigenvalue weighted by Gasteiger charge is 2.32. The first-order valence-corrected chi connectivity index (χ1v) is 6.61. The second-order valence-electron chi connectivity index (χ2n) is 4.97. The van der Waals surface area contributed by atoms with E-state index >= 15 is 0 Å². The van der Waals surface area contributed by atoms with Gasteiger partial charge in [-0.2, -0.15) is 0 Å². The van der Waals surface area contributed by atoms with E-state index in [0.717, 1.165) is 0 Å². The number of Topliss-reactive ketones (excluding diaryl/α,β-unsaturated/α-hetero) is 1. The molecule has 21 heavy (non-hydrogen) atoms. The number of halogens is 1. The average molecular weight is 295 g/mol. The number of carboxylic acid groups (broad SMARTS) is 1. The zero-order chi connectivity index (χ0) is 16.0. The number of hydrogen-bond donors (Lipinski definition) is 2. The van der Waals surface area contributed by atoms with Crippen LogP contribution in [0.25, 0.3) is 0 Å². The molecule has 1 amide bonds. The molecule has 5 nitrogen and oxygen atoms in total. The quantitative estimate of drug-likeness (QED) is 0.755. The fourth-order valence-electron chi connectivity index (χ4n) is 1.67. The lowest BCUT2D eigenvalue weighted by Gasteiger charge is -2.24. The minimum absolute atomic E-state index is 0.0587. The third-order valence-corrected chi connectivity index (χ3v) is 3.34. The molecule has 0 aromatic heterocycles. The largest absolute Gasteiger partial charge is 0.480 e. The summed E-state index contributed by atoms with van der Waals surface area (Å²) in [5.41, 5.74) is -1.02. The van der Waals surface area contributed by atoms with Crippen molar-refractivity contribution in [1.82, 2.24) is 5.32 Å². The maximum atomic E-state index is 12.7. The van der Waals surface area contributed by atoms with Crippen molar-refractivity contribution in [1.29, 1.82) is 0 Å². The zero-order valence-electron chi connectivity index (χ0n) is 12.0. The third kappa shape index (κ3) is 4.66. The van der Waals surface area contributed by atoms with E-state index in [0.29, 0.717) is 5.56 Å². The van der Waals surface area contributed by atoms with Crippen LogP contribution in [0.4, 0.5) is 4.39 Å². The molecule has 1 aromatic rings. The number of aliphatic carboxylic acids is 1. The van der Waals surface area contributed by atoms with Crippen molar-refractivity contribution in [3.8, 4) is 0 Å². The Morgan fingerprint density at radius 2 is 1.76 bits per heavy atom. The van der Waals surface area contributed by atoms with Crippen LogP contribution in [0.1, 0.15) is 43.5 Å². The van der Waals surface area contributed by atoms with Crippen LogP contribution < -0.4 is 5.32 Å². The molecule has 1 aromatic carbocycles. The van der Waals surface area contributed by atoms with Crippen molar-refractivity contribution >= 4 is 17.7 Å². The van der Waals surface area contributed by atoms with Gasteiger partial charge in [0.1, 0.15) is 11.4 Å². The van der Waals surface area contributed by atoms with Crippen LogP contribution in [0, 0.1) is 5.82 Å². The van der Waals surface area contributed by atoms with E-state index in [1.165, 1.54) is 31.2 Å². The van der Waals surface area contributed by atoms with Crippen LogP contribution >= 0.6 is 0 Å². The molecule has 0 aliphatic heterocycles. The van der Waals surface area contributed by atoms with Gasteiger partial charge in [0.05, 0.1) is 0 Å². The van der Waals surface area contributed by atoms with Gasteiger partial charge >= 0.3 is 5.97 Å². The molecule has 2 N–H and O–H groups in total. The molecule has 0 fully saturated rings. The maximum absolute atomic E-state index is 12.7. The van der Waals surface area contributed by atoms with Crippen LogP contribution in [-0.2, 0) is 9.59 Å². The Bertz CT molecular complexity index is 541. The molecule has 0 radical (unpaired) electrons. The van der Waals surface area contributed by atoms with Gasteiger partial charge in [-0.25, -0.2) is 9.18 Å². The standard InChI is InChI=1S/C15H18FNO4/c1-3-15(2,14(20)21)17-13(19)9-8-12(18)10-4-6-11(16)7-5-10/h4-7H,3,8-9H2,1-2H3,(H,17,19)(H,20,21). The molecule has 1 atom stereocenters. The Balaban J connectivity index is 2.55.